The van der Waals surface area contributed by atoms with Gasteiger partial charge in [-0.15, -0.1) is 0 Å². The maximum Gasteiger partial charge on any atom is 0.410 e. The average Bonchev–Trinajstić information content (AvgIpc) is 3.27. The summed E-state index contributed by atoms with van der Waals surface area (Å²) in [7, 11) is 0. The van der Waals surface area contributed by atoms with Crippen molar-refractivity contribution in [2.75, 3.05) is 13.1 Å². The Labute approximate surface area is 219 Å². The molecule has 0 bridgehead atoms. The van der Waals surface area contributed by atoms with Crippen molar-refractivity contribution >= 4 is 18.0 Å². The summed E-state index contributed by atoms with van der Waals surface area (Å²) < 4.78 is 5.55. The smallest absolute Gasteiger partial charge is 0.410 e. The van der Waals surface area contributed by atoms with Crippen molar-refractivity contribution in [1.82, 2.24) is 9.80 Å². The molecule has 2 aromatic carbocycles. The first-order valence-corrected chi connectivity index (χ1v) is 13.2. The highest BCUT2D eigenvalue weighted by atomic mass is 16.6. The minimum absolute atomic E-state index is 0.0462. The van der Waals surface area contributed by atoms with Crippen LogP contribution in [0.25, 0.3) is 0 Å². The summed E-state index contributed by atoms with van der Waals surface area (Å²) >= 11 is 0. The molecule has 2 aromatic rings. The van der Waals surface area contributed by atoms with Crippen LogP contribution in [0, 0.1) is 11.3 Å². The van der Waals surface area contributed by atoms with E-state index < -0.39 is 11.6 Å². The number of ether oxygens (including phenoxy) is 1. The Morgan fingerprint density at radius 3 is 2.11 bits per heavy atom. The number of aromatic carboxylic acids is 1. The Kier molecular flexibility index (Phi) is 7.90. The number of carboxylic acids is 1. The summed E-state index contributed by atoms with van der Waals surface area (Å²) in [6.07, 6.45) is 4.23. The second-order valence-corrected chi connectivity index (χ2v) is 11.6. The highest BCUT2D eigenvalue weighted by Gasteiger charge is 2.45. The lowest BCUT2D eigenvalue weighted by Gasteiger charge is -2.40. The molecule has 2 amide bonds. The molecular weight excluding hydrogens is 468 g/mol. The molecule has 4 rings (SSSR count). The van der Waals surface area contributed by atoms with E-state index in [1.165, 1.54) is 0 Å². The van der Waals surface area contributed by atoms with Gasteiger partial charge in [-0.1, -0.05) is 42.5 Å². The minimum Gasteiger partial charge on any atom is -0.478 e. The number of carboxylic acid groups (broad SMARTS) is 1. The van der Waals surface area contributed by atoms with E-state index in [0.717, 1.165) is 43.2 Å². The SMILES string of the molecule is CC(C)(C)OC(=O)N1CCC2(CCC(C(=O)N(Cc3ccccc3)Cc3ccc(C(=O)O)cc3)C2)CC1. The molecule has 1 spiro atoms. The zero-order chi connectivity index (χ0) is 26.6. The van der Waals surface area contributed by atoms with Gasteiger partial charge in [0.25, 0.3) is 0 Å². The third kappa shape index (κ3) is 6.90. The van der Waals surface area contributed by atoms with E-state index in [2.05, 4.69) is 0 Å². The Morgan fingerprint density at radius 1 is 0.946 bits per heavy atom. The number of carbonyl (C=O) groups excluding carboxylic acids is 2. The normalized spacial score (nSPS) is 19.0. The van der Waals surface area contributed by atoms with E-state index in [9.17, 15) is 19.5 Å². The first kappa shape index (κ1) is 26.7. The molecular formula is C30H38N2O5. The molecule has 198 valence electrons. The fourth-order valence-electron chi connectivity index (χ4n) is 5.61. The molecule has 1 atom stereocenters. The summed E-state index contributed by atoms with van der Waals surface area (Å²) in [5.74, 6) is -0.856. The van der Waals surface area contributed by atoms with Gasteiger partial charge < -0.3 is 19.6 Å². The number of piperidine rings is 1. The van der Waals surface area contributed by atoms with E-state index in [1.807, 2.05) is 56.0 Å². The monoisotopic (exact) mass is 506 g/mol. The number of nitrogens with zero attached hydrogens (tertiary/aromatic N) is 2. The van der Waals surface area contributed by atoms with Crippen molar-refractivity contribution in [3.63, 3.8) is 0 Å². The number of hydrogen-bond donors (Lipinski definition) is 1. The third-order valence-electron chi connectivity index (χ3n) is 7.63. The van der Waals surface area contributed by atoms with E-state index in [0.29, 0.717) is 26.2 Å². The predicted octanol–water partition coefficient (Wildman–Crippen LogP) is 5.73. The molecule has 0 aromatic heterocycles. The molecule has 1 heterocycles. The summed E-state index contributed by atoms with van der Waals surface area (Å²) in [4.78, 5) is 41.3. The van der Waals surface area contributed by atoms with Crippen molar-refractivity contribution in [1.29, 1.82) is 0 Å². The van der Waals surface area contributed by atoms with Gasteiger partial charge in [-0.2, -0.15) is 0 Å². The van der Waals surface area contributed by atoms with Gasteiger partial charge in [0, 0.05) is 32.1 Å². The van der Waals surface area contributed by atoms with Crippen LogP contribution in [0.3, 0.4) is 0 Å². The fourth-order valence-corrected chi connectivity index (χ4v) is 5.61. The maximum absolute atomic E-state index is 13.8. The quantitative estimate of drug-likeness (QED) is 0.541. The second kappa shape index (κ2) is 11.0. The molecule has 2 aliphatic rings. The third-order valence-corrected chi connectivity index (χ3v) is 7.63. The molecule has 1 N–H and O–H groups in total. The average molecular weight is 507 g/mol. The van der Waals surface area contributed by atoms with Crippen molar-refractivity contribution in [3.05, 3.63) is 71.3 Å². The fraction of sp³-hybridized carbons (Fsp3) is 0.500. The largest absolute Gasteiger partial charge is 0.478 e. The Bertz CT molecular complexity index is 1100. The highest BCUT2D eigenvalue weighted by molar-refractivity contribution is 5.87. The van der Waals surface area contributed by atoms with E-state index >= 15 is 0 Å². The summed E-state index contributed by atoms with van der Waals surface area (Å²) in [5.41, 5.74) is 1.80. The van der Waals surface area contributed by atoms with Gasteiger partial charge >= 0.3 is 12.1 Å². The summed E-state index contributed by atoms with van der Waals surface area (Å²) in [6.45, 7) is 7.92. The van der Waals surface area contributed by atoms with Crippen molar-refractivity contribution in [3.8, 4) is 0 Å². The lowest BCUT2D eigenvalue weighted by molar-refractivity contribution is -0.137. The van der Waals surface area contributed by atoms with Crippen LogP contribution in [-0.2, 0) is 22.6 Å². The van der Waals surface area contributed by atoms with E-state index in [1.54, 1.807) is 29.2 Å². The minimum atomic E-state index is -0.960. The van der Waals surface area contributed by atoms with Crippen molar-refractivity contribution in [2.24, 2.45) is 11.3 Å². The maximum atomic E-state index is 13.8. The summed E-state index contributed by atoms with van der Waals surface area (Å²) in [6, 6.07) is 16.7. The zero-order valence-corrected chi connectivity index (χ0v) is 22.1. The lowest BCUT2D eigenvalue weighted by Crippen LogP contribution is -2.44. The Morgan fingerprint density at radius 2 is 1.54 bits per heavy atom. The molecule has 37 heavy (non-hydrogen) atoms. The molecule has 7 heteroatoms. The standard InChI is InChI=1S/C30H38N2O5/c1-29(2,3)37-28(36)31-17-15-30(16-18-31)14-13-25(19-30)26(33)32(20-22-7-5-4-6-8-22)21-23-9-11-24(12-10-23)27(34)35/h4-12,25H,13-21H2,1-3H3,(H,34,35). The van der Waals surface area contributed by atoms with E-state index in [-0.39, 0.29) is 28.9 Å². The van der Waals surface area contributed by atoms with Crippen LogP contribution >= 0.6 is 0 Å². The van der Waals surface area contributed by atoms with Gasteiger partial charge in [0.2, 0.25) is 5.91 Å². The van der Waals surface area contributed by atoms with Crippen LogP contribution in [0.2, 0.25) is 0 Å². The Hall–Kier alpha value is -3.35. The van der Waals surface area contributed by atoms with Crippen LogP contribution in [-0.4, -0.2) is 51.6 Å². The predicted molar refractivity (Wildman–Crippen MR) is 141 cm³/mol. The van der Waals surface area contributed by atoms with Gasteiger partial charge in [0.1, 0.15) is 5.60 Å². The number of hydrogen-bond acceptors (Lipinski definition) is 4. The van der Waals surface area contributed by atoms with Crippen LogP contribution in [0.5, 0.6) is 0 Å². The summed E-state index contributed by atoms with van der Waals surface area (Å²) in [5, 5.41) is 9.21. The van der Waals surface area contributed by atoms with Crippen LogP contribution in [0.4, 0.5) is 4.79 Å². The first-order valence-electron chi connectivity index (χ1n) is 13.2. The first-order chi connectivity index (χ1) is 17.5. The van der Waals surface area contributed by atoms with Crippen LogP contribution in [0.1, 0.15) is 74.4 Å². The van der Waals surface area contributed by atoms with Crippen molar-refractivity contribution in [2.45, 2.75) is 71.6 Å². The molecule has 1 saturated carbocycles. The zero-order valence-electron chi connectivity index (χ0n) is 22.1. The number of amides is 2. The van der Waals surface area contributed by atoms with Crippen LogP contribution in [0.15, 0.2) is 54.6 Å². The molecule has 1 aliphatic carbocycles. The van der Waals surface area contributed by atoms with Gasteiger partial charge in [0.15, 0.2) is 0 Å². The van der Waals surface area contributed by atoms with E-state index in [4.69, 9.17) is 4.74 Å². The lowest BCUT2D eigenvalue weighted by atomic mass is 9.76. The van der Waals surface area contributed by atoms with Gasteiger partial charge in [-0.25, -0.2) is 9.59 Å². The molecule has 1 saturated heterocycles. The number of rotatable bonds is 6. The van der Waals surface area contributed by atoms with Crippen molar-refractivity contribution < 1.29 is 24.2 Å². The molecule has 0 radical (unpaired) electrons. The number of carbonyl (C=O) groups is 3. The van der Waals surface area contributed by atoms with Gasteiger partial charge in [-0.05, 0) is 81.5 Å². The molecule has 1 aliphatic heterocycles. The Balaban J connectivity index is 1.42. The molecule has 2 fully saturated rings. The van der Waals surface area contributed by atoms with Crippen LogP contribution < -0.4 is 0 Å². The molecule has 7 nitrogen and oxygen atoms in total. The molecule has 1 unspecified atom stereocenters. The second-order valence-electron chi connectivity index (χ2n) is 11.6. The topological polar surface area (TPSA) is 87.2 Å². The van der Waals surface area contributed by atoms with Gasteiger partial charge in [0.05, 0.1) is 5.56 Å². The number of likely N-dealkylation sites (tertiary alicyclic amines) is 1. The highest BCUT2D eigenvalue weighted by Crippen LogP contribution is 2.49. The van der Waals surface area contributed by atoms with Gasteiger partial charge in [-0.3, -0.25) is 4.79 Å². The number of benzene rings is 2.